The molecular formula is C31H48O6Si2. The molecule has 0 aromatic heterocycles. The maximum absolute atomic E-state index is 11.9. The van der Waals surface area contributed by atoms with Crippen LogP contribution < -0.4 is 4.74 Å². The fraction of sp³-hybridized carbons (Fsp3) is 0.581. The van der Waals surface area contributed by atoms with Crippen molar-refractivity contribution in [1.82, 2.24) is 0 Å². The van der Waals surface area contributed by atoms with Crippen LogP contribution in [0.5, 0.6) is 5.75 Å². The van der Waals surface area contributed by atoms with E-state index in [9.17, 15) is 9.90 Å². The lowest BCUT2D eigenvalue weighted by molar-refractivity contribution is -0.141. The Kier molecular flexibility index (Phi) is 12.7. The molecule has 0 unspecified atom stereocenters. The van der Waals surface area contributed by atoms with Crippen LogP contribution in [0.1, 0.15) is 46.1 Å². The molecule has 0 amide bonds. The Morgan fingerprint density at radius 3 is 2.33 bits per heavy atom. The summed E-state index contributed by atoms with van der Waals surface area (Å²) in [6.07, 6.45) is 6.37. The molecule has 0 spiro atoms. The molecule has 1 aromatic carbocycles. The minimum Gasteiger partial charge on any atom is -0.497 e. The van der Waals surface area contributed by atoms with Crippen molar-refractivity contribution in [3.05, 3.63) is 54.1 Å². The summed E-state index contributed by atoms with van der Waals surface area (Å²) in [6, 6.07) is 10.7. The van der Waals surface area contributed by atoms with Gasteiger partial charge in [-0.3, -0.25) is 0 Å². The van der Waals surface area contributed by atoms with E-state index in [-0.39, 0.29) is 12.1 Å². The van der Waals surface area contributed by atoms with Gasteiger partial charge in [-0.1, -0.05) is 70.6 Å². The maximum Gasteiger partial charge on any atom is 0.331 e. The smallest absolute Gasteiger partial charge is 0.331 e. The summed E-state index contributed by atoms with van der Waals surface area (Å²) in [7, 11) is -2.14. The number of benzene rings is 1. The van der Waals surface area contributed by atoms with E-state index in [4.69, 9.17) is 18.6 Å². The monoisotopic (exact) mass is 572 g/mol. The zero-order chi connectivity index (χ0) is 29.1. The van der Waals surface area contributed by atoms with Crippen molar-refractivity contribution in [3.63, 3.8) is 0 Å². The standard InChI is InChI=1S/C31H48O6Si2/c1-9-39(10-2,11-3)37-31(4,21-19-28-13-12-14-30(33)36-28)29(23-26(32)20-22-38(6,7)8)35-24-25-15-17-27(34-5)18-16-25/h12,14-19,21,26,28-29,32H,9-11,13,23-24H2,1-8H3/b21-19+/t26-,28+,29+,31+/m0/s1. The largest absolute Gasteiger partial charge is 0.497 e. The summed E-state index contributed by atoms with van der Waals surface area (Å²) >= 11 is 0. The molecular weight excluding hydrogens is 525 g/mol. The number of carbonyl (C=O) groups excluding carboxylic acids is 1. The molecule has 0 saturated heterocycles. The van der Waals surface area contributed by atoms with Gasteiger partial charge in [0, 0.05) is 18.9 Å². The highest BCUT2D eigenvalue weighted by Crippen LogP contribution is 2.34. The van der Waals surface area contributed by atoms with E-state index >= 15 is 0 Å². The summed E-state index contributed by atoms with van der Waals surface area (Å²) in [5.74, 6) is 3.51. The summed E-state index contributed by atoms with van der Waals surface area (Å²) in [5.41, 5.74) is 3.42. The lowest BCUT2D eigenvalue weighted by Crippen LogP contribution is -2.52. The van der Waals surface area contributed by atoms with Crippen molar-refractivity contribution < 1.29 is 28.5 Å². The molecule has 0 bridgehead atoms. The van der Waals surface area contributed by atoms with E-state index in [2.05, 4.69) is 51.9 Å². The first-order valence-corrected chi connectivity index (χ1v) is 20.1. The molecule has 2 rings (SSSR count). The SMILES string of the molecule is CC[Si](CC)(CC)O[C@](C)(/C=C/[C@H]1CC=CC(=O)O1)[C@@H](C[C@@H](O)C#C[Si](C)(C)C)OCc1ccc(OC)cc1. The second-order valence-electron chi connectivity index (χ2n) is 11.4. The first-order valence-electron chi connectivity index (χ1n) is 14.1. The lowest BCUT2D eigenvalue weighted by atomic mass is 9.92. The number of aliphatic hydroxyl groups is 1. The lowest BCUT2D eigenvalue weighted by Gasteiger charge is -2.43. The molecule has 1 heterocycles. The molecule has 4 atom stereocenters. The molecule has 0 radical (unpaired) electrons. The number of carbonyl (C=O) groups is 1. The first-order chi connectivity index (χ1) is 18.4. The van der Waals surface area contributed by atoms with Crippen LogP contribution in [0.25, 0.3) is 0 Å². The fourth-order valence-electron chi connectivity index (χ4n) is 4.54. The van der Waals surface area contributed by atoms with Gasteiger partial charge in [0.25, 0.3) is 0 Å². The zero-order valence-electron chi connectivity index (χ0n) is 25.1. The van der Waals surface area contributed by atoms with Crippen LogP contribution in [-0.2, 0) is 25.3 Å². The zero-order valence-corrected chi connectivity index (χ0v) is 27.1. The predicted octanol–water partition coefficient (Wildman–Crippen LogP) is 6.42. The number of rotatable bonds is 14. The Bertz CT molecular complexity index is 1020. The first kappa shape index (κ1) is 33.1. The summed E-state index contributed by atoms with van der Waals surface area (Å²) in [5, 5.41) is 11.0. The molecule has 0 saturated carbocycles. The number of methoxy groups -OCH3 is 1. The van der Waals surface area contributed by atoms with Gasteiger partial charge in [-0.05, 0) is 48.8 Å². The molecule has 1 N–H and O–H groups in total. The van der Waals surface area contributed by atoms with E-state index in [1.807, 2.05) is 49.4 Å². The number of ether oxygens (including phenoxy) is 3. The highest BCUT2D eigenvalue weighted by atomic mass is 28.4. The van der Waals surface area contributed by atoms with Crippen LogP contribution in [0.4, 0.5) is 0 Å². The topological polar surface area (TPSA) is 74.2 Å². The molecule has 0 fully saturated rings. The molecule has 39 heavy (non-hydrogen) atoms. The van der Waals surface area contributed by atoms with E-state index in [0.29, 0.717) is 19.4 Å². The van der Waals surface area contributed by atoms with Crippen LogP contribution in [0, 0.1) is 11.5 Å². The van der Waals surface area contributed by atoms with Crippen LogP contribution in [-0.4, -0.2) is 58.5 Å². The summed E-state index contributed by atoms with van der Waals surface area (Å²) in [4.78, 5) is 11.9. The van der Waals surface area contributed by atoms with Gasteiger partial charge in [-0.2, -0.15) is 0 Å². The van der Waals surface area contributed by atoms with E-state index in [1.165, 1.54) is 6.08 Å². The van der Waals surface area contributed by atoms with Crippen molar-refractivity contribution in [3.8, 4) is 17.2 Å². The Hall–Kier alpha value is -2.16. The van der Waals surface area contributed by atoms with Gasteiger partial charge in [0.05, 0.1) is 25.4 Å². The molecule has 1 aromatic rings. The van der Waals surface area contributed by atoms with Crippen LogP contribution >= 0.6 is 0 Å². The van der Waals surface area contributed by atoms with Crippen LogP contribution in [0.3, 0.4) is 0 Å². The quantitative estimate of drug-likeness (QED) is 0.120. The third kappa shape index (κ3) is 10.7. The van der Waals surface area contributed by atoms with Crippen LogP contribution in [0.15, 0.2) is 48.6 Å². The molecule has 8 heteroatoms. The fourth-order valence-corrected chi connectivity index (χ4v) is 8.20. The molecule has 1 aliphatic rings. The van der Waals surface area contributed by atoms with Gasteiger partial charge in [-0.25, -0.2) is 4.79 Å². The van der Waals surface area contributed by atoms with Gasteiger partial charge < -0.3 is 23.7 Å². The second kappa shape index (κ2) is 15.0. The summed E-state index contributed by atoms with van der Waals surface area (Å²) < 4.78 is 24.5. The van der Waals surface area contributed by atoms with Gasteiger partial charge in [0.2, 0.25) is 0 Å². The Balaban J connectivity index is 2.47. The number of cyclic esters (lactones) is 1. The van der Waals surface area contributed by atoms with Gasteiger partial charge in [0.15, 0.2) is 8.32 Å². The third-order valence-electron chi connectivity index (χ3n) is 7.20. The Morgan fingerprint density at radius 2 is 1.79 bits per heavy atom. The average molecular weight is 573 g/mol. The number of aliphatic hydroxyl groups excluding tert-OH is 1. The van der Waals surface area contributed by atoms with Crippen molar-refractivity contribution >= 4 is 22.4 Å². The third-order valence-corrected chi connectivity index (χ3v) is 12.8. The van der Waals surface area contributed by atoms with E-state index in [0.717, 1.165) is 29.4 Å². The number of esters is 1. The minimum absolute atomic E-state index is 0.292. The highest BCUT2D eigenvalue weighted by molar-refractivity contribution is 6.83. The van der Waals surface area contributed by atoms with Gasteiger partial charge >= 0.3 is 5.97 Å². The summed E-state index contributed by atoms with van der Waals surface area (Å²) in [6.45, 7) is 15.4. The Morgan fingerprint density at radius 1 is 1.15 bits per heavy atom. The van der Waals surface area contributed by atoms with Gasteiger partial charge in [-0.15, -0.1) is 5.54 Å². The average Bonchev–Trinajstić information content (AvgIpc) is 2.92. The molecule has 0 aliphatic carbocycles. The van der Waals surface area contributed by atoms with E-state index in [1.54, 1.807) is 7.11 Å². The number of hydrogen-bond acceptors (Lipinski definition) is 6. The maximum atomic E-state index is 11.9. The van der Waals surface area contributed by atoms with Crippen molar-refractivity contribution in [1.29, 1.82) is 0 Å². The molecule has 1 aliphatic heterocycles. The molecule has 6 nitrogen and oxygen atoms in total. The number of hydrogen-bond donors (Lipinski definition) is 1. The van der Waals surface area contributed by atoms with Gasteiger partial charge in [0.1, 0.15) is 26.0 Å². The predicted molar refractivity (Wildman–Crippen MR) is 163 cm³/mol. The van der Waals surface area contributed by atoms with Crippen molar-refractivity contribution in [2.24, 2.45) is 0 Å². The van der Waals surface area contributed by atoms with Crippen molar-refractivity contribution in [2.75, 3.05) is 7.11 Å². The van der Waals surface area contributed by atoms with Crippen molar-refractivity contribution in [2.45, 2.75) is 109 Å². The normalized spacial score (nSPS) is 19.1. The molecule has 216 valence electrons. The van der Waals surface area contributed by atoms with Crippen LogP contribution in [0.2, 0.25) is 37.8 Å². The second-order valence-corrected chi connectivity index (χ2v) is 20.9. The van der Waals surface area contributed by atoms with E-state index < -0.39 is 34.2 Å². The Labute approximate surface area is 237 Å². The minimum atomic E-state index is -2.12. The highest BCUT2D eigenvalue weighted by Gasteiger charge is 2.43.